The van der Waals surface area contributed by atoms with Crippen LogP contribution >= 0.6 is 0 Å². The molecule has 2 atom stereocenters. The van der Waals surface area contributed by atoms with E-state index in [4.69, 9.17) is 4.74 Å². The lowest BCUT2D eigenvalue weighted by molar-refractivity contribution is -0.0305. The fourth-order valence-electron chi connectivity index (χ4n) is 2.74. The Hall–Kier alpha value is -1.69. The van der Waals surface area contributed by atoms with Gasteiger partial charge < -0.3 is 15.0 Å². The highest BCUT2D eigenvalue weighted by Crippen LogP contribution is 2.26. The number of nitrogens with zero attached hydrogens (tertiary/aromatic N) is 3. The van der Waals surface area contributed by atoms with E-state index in [1.54, 1.807) is 6.07 Å². The minimum atomic E-state index is -0.0419. The second kappa shape index (κ2) is 5.75. The van der Waals surface area contributed by atoms with Gasteiger partial charge in [0, 0.05) is 19.6 Å². The lowest BCUT2D eigenvalue weighted by Crippen LogP contribution is -2.46. The normalized spacial score (nSPS) is 24.8. The number of rotatable bonds is 4. The van der Waals surface area contributed by atoms with Gasteiger partial charge in [-0.15, -0.1) is 10.2 Å². The number of anilines is 1. The molecule has 6 heteroatoms. The Morgan fingerprint density at radius 1 is 1.35 bits per heavy atom. The molecule has 1 amide bonds. The van der Waals surface area contributed by atoms with Crippen LogP contribution in [-0.4, -0.2) is 52.8 Å². The molecule has 0 spiro atoms. The Labute approximate surface area is 118 Å². The number of fused-ring (bicyclic) bond motifs is 2. The van der Waals surface area contributed by atoms with Gasteiger partial charge in [0.05, 0.1) is 12.2 Å². The Balaban J connectivity index is 1.64. The van der Waals surface area contributed by atoms with Crippen molar-refractivity contribution < 1.29 is 9.53 Å². The summed E-state index contributed by atoms with van der Waals surface area (Å²) in [5.74, 6) is 0.671. The van der Waals surface area contributed by atoms with Crippen LogP contribution in [0.25, 0.3) is 0 Å². The van der Waals surface area contributed by atoms with Gasteiger partial charge in [-0.05, 0) is 31.4 Å². The maximum absolute atomic E-state index is 12.4. The number of nitrogens with one attached hydrogen (secondary N) is 1. The molecular weight excluding hydrogens is 256 g/mol. The van der Waals surface area contributed by atoms with Gasteiger partial charge in [-0.2, -0.15) is 0 Å². The second-order valence-electron chi connectivity index (χ2n) is 5.40. The summed E-state index contributed by atoms with van der Waals surface area (Å²) in [6, 6.07) is 3.55. The molecule has 20 heavy (non-hydrogen) atoms. The third-order valence-electron chi connectivity index (χ3n) is 3.77. The van der Waals surface area contributed by atoms with Crippen LogP contribution in [0.5, 0.6) is 0 Å². The summed E-state index contributed by atoms with van der Waals surface area (Å²) in [6.45, 7) is 4.29. The van der Waals surface area contributed by atoms with Crippen molar-refractivity contribution in [3.63, 3.8) is 0 Å². The molecule has 6 nitrogen and oxygen atoms in total. The largest absolute Gasteiger partial charge is 0.371 e. The van der Waals surface area contributed by atoms with Gasteiger partial charge in [0.25, 0.3) is 5.91 Å². The number of likely N-dealkylation sites (tertiary alicyclic amines) is 1. The lowest BCUT2D eigenvalue weighted by Gasteiger charge is -2.31. The van der Waals surface area contributed by atoms with Crippen LogP contribution in [0, 0.1) is 0 Å². The molecule has 1 aromatic heterocycles. The molecule has 0 saturated carbocycles. The summed E-state index contributed by atoms with van der Waals surface area (Å²) in [4.78, 5) is 14.2. The molecule has 3 heterocycles. The molecule has 2 aliphatic rings. The number of carbonyl (C=O) groups excluding carboxylic acids is 1. The molecular formula is C14H20N4O2. The van der Waals surface area contributed by atoms with Crippen LogP contribution in [0.3, 0.4) is 0 Å². The highest BCUT2D eigenvalue weighted by atomic mass is 16.5. The number of ether oxygens (including phenoxy) is 1. The maximum Gasteiger partial charge on any atom is 0.274 e. The molecule has 1 N–H and O–H groups in total. The van der Waals surface area contributed by atoms with Crippen LogP contribution < -0.4 is 5.32 Å². The molecule has 1 aromatic rings. The topological polar surface area (TPSA) is 67.4 Å². The summed E-state index contributed by atoms with van der Waals surface area (Å²) in [5.41, 5.74) is 0.411. The van der Waals surface area contributed by atoms with E-state index in [0.29, 0.717) is 24.6 Å². The van der Waals surface area contributed by atoms with Crippen molar-refractivity contribution in [1.82, 2.24) is 15.1 Å². The maximum atomic E-state index is 12.4. The van der Waals surface area contributed by atoms with Gasteiger partial charge in [0.15, 0.2) is 5.69 Å². The van der Waals surface area contributed by atoms with Gasteiger partial charge in [-0.3, -0.25) is 4.79 Å². The molecule has 0 aliphatic carbocycles. The third-order valence-corrected chi connectivity index (χ3v) is 3.77. The SMILES string of the molecule is CCCNc1ccc(C(=O)N2CC3CCC(C2)O3)nn1. The molecule has 2 bridgehead atoms. The monoisotopic (exact) mass is 276 g/mol. The molecule has 2 fully saturated rings. The zero-order chi connectivity index (χ0) is 13.9. The first-order valence-electron chi connectivity index (χ1n) is 7.28. The van der Waals surface area contributed by atoms with Crippen molar-refractivity contribution in [2.24, 2.45) is 0 Å². The Bertz CT molecular complexity index is 465. The molecule has 0 radical (unpaired) electrons. The van der Waals surface area contributed by atoms with Gasteiger partial charge in [0.2, 0.25) is 0 Å². The Kier molecular flexibility index (Phi) is 3.82. The number of carbonyl (C=O) groups is 1. The highest BCUT2D eigenvalue weighted by molar-refractivity contribution is 5.92. The first kappa shape index (κ1) is 13.3. The van der Waals surface area contributed by atoms with Gasteiger partial charge >= 0.3 is 0 Å². The number of morpholine rings is 1. The van der Waals surface area contributed by atoms with E-state index >= 15 is 0 Å². The van der Waals surface area contributed by atoms with Crippen molar-refractivity contribution >= 4 is 11.7 Å². The van der Waals surface area contributed by atoms with E-state index in [2.05, 4.69) is 22.4 Å². The summed E-state index contributed by atoms with van der Waals surface area (Å²) in [6.07, 6.45) is 3.55. The van der Waals surface area contributed by atoms with E-state index in [9.17, 15) is 4.79 Å². The van der Waals surface area contributed by atoms with Gasteiger partial charge in [0.1, 0.15) is 5.82 Å². The zero-order valence-corrected chi connectivity index (χ0v) is 11.7. The van der Waals surface area contributed by atoms with E-state index in [0.717, 1.165) is 25.8 Å². The summed E-state index contributed by atoms with van der Waals surface area (Å²) in [7, 11) is 0. The molecule has 2 saturated heterocycles. The fraction of sp³-hybridized carbons (Fsp3) is 0.643. The van der Waals surface area contributed by atoms with E-state index in [1.165, 1.54) is 0 Å². The standard InChI is InChI=1S/C14H20N4O2/c1-2-7-15-13-6-5-12(16-17-13)14(19)18-8-10-3-4-11(9-18)20-10/h5-6,10-11H,2-4,7-9H2,1H3,(H,15,17). The van der Waals surface area contributed by atoms with E-state index in [1.807, 2.05) is 11.0 Å². The first-order chi connectivity index (χ1) is 9.76. The van der Waals surface area contributed by atoms with E-state index in [-0.39, 0.29) is 18.1 Å². The van der Waals surface area contributed by atoms with Crippen LogP contribution in [0.4, 0.5) is 5.82 Å². The van der Waals surface area contributed by atoms with Crippen LogP contribution in [0.1, 0.15) is 36.7 Å². The minimum Gasteiger partial charge on any atom is -0.371 e. The number of aromatic nitrogens is 2. The Morgan fingerprint density at radius 2 is 2.10 bits per heavy atom. The number of hydrogen-bond acceptors (Lipinski definition) is 5. The van der Waals surface area contributed by atoms with Crippen molar-refractivity contribution in [2.75, 3.05) is 25.0 Å². The molecule has 2 unspecified atom stereocenters. The third kappa shape index (κ3) is 2.75. The average Bonchev–Trinajstić information content (AvgIpc) is 2.83. The summed E-state index contributed by atoms with van der Waals surface area (Å²) in [5, 5.41) is 11.2. The zero-order valence-electron chi connectivity index (χ0n) is 11.7. The molecule has 108 valence electrons. The van der Waals surface area contributed by atoms with Crippen LogP contribution in [0.2, 0.25) is 0 Å². The van der Waals surface area contributed by atoms with Gasteiger partial charge in [-0.1, -0.05) is 6.92 Å². The number of amides is 1. The molecule has 0 aromatic carbocycles. The predicted octanol–water partition coefficient (Wildman–Crippen LogP) is 1.30. The molecule has 2 aliphatic heterocycles. The number of hydrogen-bond donors (Lipinski definition) is 1. The van der Waals surface area contributed by atoms with Crippen molar-refractivity contribution in [3.05, 3.63) is 17.8 Å². The Morgan fingerprint density at radius 3 is 2.70 bits per heavy atom. The summed E-state index contributed by atoms with van der Waals surface area (Å²) >= 11 is 0. The quantitative estimate of drug-likeness (QED) is 0.898. The average molecular weight is 276 g/mol. The van der Waals surface area contributed by atoms with Crippen molar-refractivity contribution in [3.8, 4) is 0 Å². The fourth-order valence-corrected chi connectivity index (χ4v) is 2.74. The summed E-state index contributed by atoms with van der Waals surface area (Å²) < 4.78 is 5.74. The van der Waals surface area contributed by atoms with Gasteiger partial charge in [-0.25, -0.2) is 0 Å². The van der Waals surface area contributed by atoms with E-state index < -0.39 is 0 Å². The lowest BCUT2D eigenvalue weighted by atomic mass is 10.2. The predicted molar refractivity (Wildman–Crippen MR) is 74.6 cm³/mol. The van der Waals surface area contributed by atoms with Crippen molar-refractivity contribution in [2.45, 2.75) is 38.4 Å². The second-order valence-corrected chi connectivity index (χ2v) is 5.40. The molecule has 3 rings (SSSR count). The first-order valence-corrected chi connectivity index (χ1v) is 7.28. The highest BCUT2D eigenvalue weighted by Gasteiger charge is 2.36. The minimum absolute atomic E-state index is 0.0419. The van der Waals surface area contributed by atoms with Crippen LogP contribution in [-0.2, 0) is 4.74 Å². The van der Waals surface area contributed by atoms with Crippen LogP contribution in [0.15, 0.2) is 12.1 Å². The smallest absolute Gasteiger partial charge is 0.274 e. The van der Waals surface area contributed by atoms with Crippen molar-refractivity contribution in [1.29, 1.82) is 0 Å².